The maximum atomic E-state index is 12.5. The highest BCUT2D eigenvalue weighted by atomic mass is 79.9. The lowest BCUT2D eigenvalue weighted by atomic mass is 9.86. The number of halogens is 1. The number of methoxy groups -OCH3 is 2. The van der Waals surface area contributed by atoms with Crippen LogP contribution in [0.4, 0.5) is 5.69 Å². The number of anilines is 1. The van der Waals surface area contributed by atoms with Gasteiger partial charge in [0.05, 0.1) is 24.1 Å². The van der Waals surface area contributed by atoms with Crippen LogP contribution in [-0.2, 0) is 16.8 Å². The molecule has 1 heterocycles. The first-order valence-electron chi connectivity index (χ1n) is 8.42. The third-order valence-electron chi connectivity index (χ3n) is 4.72. The normalized spacial score (nSPS) is 14.3. The summed E-state index contributed by atoms with van der Waals surface area (Å²) in [6.07, 6.45) is 0. The molecule has 142 valence electrons. The van der Waals surface area contributed by atoms with E-state index in [4.69, 9.17) is 9.47 Å². The molecule has 2 amide bonds. The Balaban J connectivity index is 1.75. The van der Waals surface area contributed by atoms with E-state index in [0.29, 0.717) is 29.3 Å². The van der Waals surface area contributed by atoms with Crippen molar-refractivity contribution in [2.45, 2.75) is 25.8 Å². The molecule has 1 aliphatic rings. The van der Waals surface area contributed by atoms with E-state index < -0.39 is 5.41 Å². The van der Waals surface area contributed by atoms with Crippen molar-refractivity contribution in [2.24, 2.45) is 0 Å². The Hall–Kier alpha value is -2.54. The third kappa shape index (κ3) is 3.51. The van der Waals surface area contributed by atoms with Gasteiger partial charge in [0.15, 0.2) is 11.5 Å². The van der Waals surface area contributed by atoms with Crippen LogP contribution >= 0.6 is 15.9 Å². The van der Waals surface area contributed by atoms with Crippen molar-refractivity contribution in [1.29, 1.82) is 0 Å². The van der Waals surface area contributed by atoms with Crippen LogP contribution in [0.5, 0.6) is 11.5 Å². The highest BCUT2D eigenvalue weighted by Crippen LogP contribution is 2.38. The average molecular weight is 433 g/mol. The number of hydrogen-bond donors (Lipinski definition) is 2. The van der Waals surface area contributed by atoms with Crippen LogP contribution in [0, 0.1) is 0 Å². The average Bonchev–Trinajstić information content (AvgIpc) is 2.87. The van der Waals surface area contributed by atoms with E-state index in [1.165, 1.54) is 0 Å². The SMILES string of the molecule is COc1cc(CNC(=O)c2ccc3c(c2)NC(=O)C3(C)C)cc(Br)c1OC. The van der Waals surface area contributed by atoms with Crippen LogP contribution < -0.4 is 20.1 Å². The zero-order chi connectivity index (χ0) is 19.8. The molecule has 7 heteroatoms. The second-order valence-corrected chi connectivity index (χ2v) is 7.69. The Kier molecular flexibility index (Phi) is 5.15. The standard InChI is InChI=1S/C20H21BrN2O4/c1-20(2)13-6-5-12(9-15(13)23-19(20)25)18(24)22-10-11-7-14(21)17(27-4)16(8-11)26-3/h5-9H,10H2,1-4H3,(H,22,24)(H,23,25). The Bertz CT molecular complexity index is 924. The lowest BCUT2D eigenvalue weighted by Gasteiger charge is -2.15. The quantitative estimate of drug-likeness (QED) is 0.755. The summed E-state index contributed by atoms with van der Waals surface area (Å²) in [5, 5.41) is 5.72. The van der Waals surface area contributed by atoms with E-state index >= 15 is 0 Å². The van der Waals surface area contributed by atoms with Gasteiger partial charge in [-0.1, -0.05) is 6.07 Å². The fourth-order valence-corrected chi connectivity index (χ4v) is 3.74. The molecule has 27 heavy (non-hydrogen) atoms. The molecule has 2 aromatic rings. The number of fused-ring (bicyclic) bond motifs is 1. The molecule has 0 bridgehead atoms. The van der Waals surface area contributed by atoms with Crippen molar-refractivity contribution in [2.75, 3.05) is 19.5 Å². The number of hydrogen-bond acceptors (Lipinski definition) is 4. The summed E-state index contributed by atoms with van der Waals surface area (Å²) in [6.45, 7) is 4.05. The molecule has 0 fully saturated rings. The van der Waals surface area contributed by atoms with Crippen LogP contribution in [0.1, 0.15) is 35.3 Å². The molecule has 1 aliphatic heterocycles. The predicted octanol–water partition coefficient (Wildman–Crippen LogP) is 3.63. The molecule has 0 aliphatic carbocycles. The number of ether oxygens (including phenoxy) is 2. The van der Waals surface area contributed by atoms with Crippen LogP contribution in [0.25, 0.3) is 0 Å². The van der Waals surface area contributed by atoms with E-state index in [9.17, 15) is 9.59 Å². The summed E-state index contributed by atoms with van der Waals surface area (Å²) in [4.78, 5) is 24.6. The molecule has 0 unspecified atom stereocenters. The maximum absolute atomic E-state index is 12.5. The largest absolute Gasteiger partial charge is 0.493 e. The molecule has 0 atom stereocenters. The summed E-state index contributed by atoms with van der Waals surface area (Å²) < 4.78 is 11.4. The number of amides is 2. The zero-order valence-electron chi connectivity index (χ0n) is 15.6. The maximum Gasteiger partial charge on any atom is 0.251 e. The van der Waals surface area contributed by atoms with E-state index in [-0.39, 0.29) is 11.8 Å². The number of nitrogens with one attached hydrogen (secondary N) is 2. The molecule has 2 N–H and O–H groups in total. The molecule has 0 saturated carbocycles. The lowest BCUT2D eigenvalue weighted by molar-refractivity contribution is -0.119. The van der Waals surface area contributed by atoms with Crippen molar-refractivity contribution in [3.05, 3.63) is 51.5 Å². The molecule has 0 radical (unpaired) electrons. The Labute approximate surface area is 166 Å². The second kappa shape index (κ2) is 7.23. The van der Waals surface area contributed by atoms with Crippen LogP contribution in [0.3, 0.4) is 0 Å². The Morgan fingerprint density at radius 2 is 1.93 bits per heavy atom. The van der Waals surface area contributed by atoms with Crippen molar-refractivity contribution < 1.29 is 19.1 Å². The van der Waals surface area contributed by atoms with E-state index in [1.807, 2.05) is 32.0 Å². The molecule has 0 saturated heterocycles. The second-order valence-electron chi connectivity index (χ2n) is 6.84. The van der Waals surface area contributed by atoms with Gasteiger partial charge in [-0.15, -0.1) is 0 Å². The number of carbonyl (C=O) groups excluding carboxylic acids is 2. The smallest absolute Gasteiger partial charge is 0.251 e. The van der Waals surface area contributed by atoms with Crippen molar-refractivity contribution >= 4 is 33.4 Å². The summed E-state index contributed by atoms with van der Waals surface area (Å²) in [5.74, 6) is 0.899. The first kappa shape index (κ1) is 19.2. The lowest BCUT2D eigenvalue weighted by Crippen LogP contribution is -2.26. The van der Waals surface area contributed by atoms with Gasteiger partial charge >= 0.3 is 0 Å². The third-order valence-corrected chi connectivity index (χ3v) is 5.31. The number of benzene rings is 2. The minimum atomic E-state index is -0.587. The highest BCUT2D eigenvalue weighted by molar-refractivity contribution is 9.10. The molecular formula is C20H21BrN2O4. The van der Waals surface area contributed by atoms with Gasteiger partial charge in [-0.05, 0) is 65.2 Å². The van der Waals surface area contributed by atoms with E-state index in [2.05, 4.69) is 26.6 Å². The summed E-state index contributed by atoms with van der Waals surface area (Å²) >= 11 is 3.44. The van der Waals surface area contributed by atoms with Gasteiger partial charge < -0.3 is 20.1 Å². The van der Waals surface area contributed by atoms with E-state index in [0.717, 1.165) is 15.6 Å². The topological polar surface area (TPSA) is 76.7 Å². The minimum absolute atomic E-state index is 0.0646. The molecule has 6 nitrogen and oxygen atoms in total. The predicted molar refractivity (Wildman–Crippen MR) is 107 cm³/mol. The van der Waals surface area contributed by atoms with Crippen molar-refractivity contribution in [3.8, 4) is 11.5 Å². The molecular weight excluding hydrogens is 412 g/mol. The van der Waals surface area contributed by atoms with Crippen LogP contribution in [0.2, 0.25) is 0 Å². The fourth-order valence-electron chi connectivity index (χ4n) is 3.09. The Morgan fingerprint density at radius 3 is 2.59 bits per heavy atom. The monoisotopic (exact) mass is 432 g/mol. The van der Waals surface area contributed by atoms with Gasteiger partial charge in [0, 0.05) is 17.8 Å². The molecule has 3 rings (SSSR count). The zero-order valence-corrected chi connectivity index (χ0v) is 17.2. The van der Waals surface area contributed by atoms with Gasteiger partial charge in [0.1, 0.15) is 0 Å². The summed E-state index contributed by atoms with van der Waals surface area (Å²) in [5.41, 5.74) is 2.35. The molecule has 0 aromatic heterocycles. The van der Waals surface area contributed by atoms with Crippen molar-refractivity contribution in [1.82, 2.24) is 5.32 Å². The van der Waals surface area contributed by atoms with Gasteiger partial charge in [0.25, 0.3) is 5.91 Å². The highest BCUT2D eigenvalue weighted by Gasteiger charge is 2.38. The summed E-state index contributed by atoms with van der Waals surface area (Å²) in [6, 6.07) is 8.96. The molecule has 2 aromatic carbocycles. The van der Waals surface area contributed by atoms with Crippen LogP contribution in [-0.4, -0.2) is 26.0 Å². The van der Waals surface area contributed by atoms with Gasteiger partial charge in [-0.2, -0.15) is 0 Å². The van der Waals surface area contributed by atoms with Crippen molar-refractivity contribution in [3.63, 3.8) is 0 Å². The van der Waals surface area contributed by atoms with Crippen LogP contribution in [0.15, 0.2) is 34.8 Å². The van der Waals surface area contributed by atoms with E-state index in [1.54, 1.807) is 26.4 Å². The van der Waals surface area contributed by atoms with Gasteiger partial charge in [-0.25, -0.2) is 0 Å². The molecule has 0 spiro atoms. The van der Waals surface area contributed by atoms with Gasteiger partial charge in [0.2, 0.25) is 5.91 Å². The summed E-state index contributed by atoms with van der Waals surface area (Å²) in [7, 11) is 3.13. The number of rotatable bonds is 5. The minimum Gasteiger partial charge on any atom is -0.493 e. The van der Waals surface area contributed by atoms with Gasteiger partial charge in [-0.3, -0.25) is 9.59 Å². The number of carbonyl (C=O) groups is 2. The Morgan fingerprint density at radius 1 is 1.19 bits per heavy atom. The first-order valence-corrected chi connectivity index (χ1v) is 9.21. The fraction of sp³-hybridized carbons (Fsp3) is 0.300. The first-order chi connectivity index (χ1) is 12.8.